The molecule has 24 heavy (non-hydrogen) atoms. The number of hydrogen-bond acceptors (Lipinski definition) is 0. The number of likely N-dealkylation sites (tertiary alicyclic amines) is 1. The molecule has 8 heteroatoms. The van der Waals surface area contributed by atoms with E-state index in [1.807, 2.05) is 4.90 Å². The Kier molecular flexibility index (Phi) is 10.0. The van der Waals surface area contributed by atoms with Crippen molar-refractivity contribution in [3.63, 3.8) is 0 Å². The predicted octanol–water partition coefficient (Wildman–Crippen LogP) is 5.58. The molecule has 2 atom stereocenters. The normalized spacial score (nSPS) is 24.5. The van der Waals surface area contributed by atoms with Crippen LogP contribution in [0.15, 0.2) is 0 Å². The van der Waals surface area contributed by atoms with Crippen molar-refractivity contribution in [3.05, 3.63) is 0 Å². The molecule has 1 aliphatic rings. The number of piperidine rings is 1. The molecule has 0 amide bonds. The van der Waals surface area contributed by atoms with E-state index in [2.05, 4.69) is 13.8 Å². The molecule has 1 N–H and O–H groups in total. The van der Waals surface area contributed by atoms with Crippen LogP contribution in [0, 0.1) is 5.92 Å². The Morgan fingerprint density at radius 3 is 1.75 bits per heavy atom. The first-order chi connectivity index (χ1) is 10.8. The molecule has 0 aromatic rings. The van der Waals surface area contributed by atoms with Gasteiger partial charge in [-0.2, -0.15) is 0 Å². The van der Waals surface area contributed by atoms with E-state index in [9.17, 15) is 16.9 Å². The molecule has 1 aliphatic heterocycles. The Morgan fingerprint density at radius 1 is 0.833 bits per heavy atom. The summed E-state index contributed by atoms with van der Waals surface area (Å²) in [6, 6.07) is 0. The van der Waals surface area contributed by atoms with Gasteiger partial charge in [0.05, 0.1) is 19.6 Å². The van der Waals surface area contributed by atoms with Crippen molar-refractivity contribution >= 4 is 19.5 Å². The number of unbranched alkanes of at least 4 members (excludes halogenated alkanes) is 7. The van der Waals surface area contributed by atoms with Crippen LogP contribution in [0.1, 0.15) is 78.1 Å². The first kappa shape index (κ1) is 24.4. The predicted molar refractivity (Wildman–Crippen MR) is 89.0 cm³/mol. The molecule has 150 valence electrons. The minimum atomic E-state index is -11.2. The molecule has 0 aromatic heterocycles. The van der Waals surface area contributed by atoms with Gasteiger partial charge in [-0.1, -0.05) is 52.4 Å². The van der Waals surface area contributed by atoms with Gasteiger partial charge in [0.2, 0.25) is 0 Å². The van der Waals surface area contributed by atoms with E-state index in [-0.39, 0.29) is 0 Å². The summed E-state index contributed by atoms with van der Waals surface area (Å²) >= 11 is -11.2. The van der Waals surface area contributed by atoms with Crippen LogP contribution in [0.2, 0.25) is 0 Å². The maximum atomic E-state index is 9.93. The fraction of sp³-hybridized carbons (Fsp3) is 1.00. The SMILES string of the molecule is CCCCCCCCCC[NH+]1CCCC(C)C1.[F][Sb-]([F])([F])([F])([F])[F]. The topological polar surface area (TPSA) is 4.44 Å². The van der Waals surface area contributed by atoms with E-state index in [1.165, 1.54) is 83.8 Å². The van der Waals surface area contributed by atoms with Crippen LogP contribution in [0.5, 0.6) is 0 Å². The van der Waals surface area contributed by atoms with Crippen molar-refractivity contribution in [1.29, 1.82) is 0 Å². The zero-order chi connectivity index (χ0) is 18.8. The molecule has 2 unspecified atom stereocenters. The summed E-state index contributed by atoms with van der Waals surface area (Å²) in [5.74, 6) is 0.979. The van der Waals surface area contributed by atoms with E-state index in [4.69, 9.17) is 0 Å². The second kappa shape index (κ2) is 9.89. The molecule has 0 aliphatic carbocycles. The van der Waals surface area contributed by atoms with Gasteiger partial charge in [-0.15, -0.1) is 0 Å². The fourth-order valence-corrected chi connectivity index (χ4v) is 3.13. The van der Waals surface area contributed by atoms with Crippen LogP contribution in [0.4, 0.5) is 16.9 Å². The van der Waals surface area contributed by atoms with Gasteiger partial charge in [-0.3, -0.25) is 0 Å². The standard InChI is InChI=1S/C16H33N.6FH.Sb/c1-3-4-5-6-7-8-9-10-13-17-14-11-12-16(2)15-17;;;;;;;/h16H,3-15H2,1-2H3;6*1H;/q;;;;;;;+5/p-5. The third-order valence-corrected chi connectivity index (χ3v) is 4.25. The van der Waals surface area contributed by atoms with Gasteiger partial charge in [0.25, 0.3) is 0 Å². The Hall–Kier alpha value is 0.358. The van der Waals surface area contributed by atoms with Crippen LogP contribution in [0.3, 0.4) is 0 Å². The Bertz CT molecular complexity index is 318. The van der Waals surface area contributed by atoms with E-state index in [0.717, 1.165) is 5.92 Å². The van der Waals surface area contributed by atoms with Gasteiger partial charge in [-0.25, -0.2) is 0 Å². The molecule has 0 bridgehead atoms. The van der Waals surface area contributed by atoms with Crippen molar-refractivity contribution in [2.24, 2.45) is 5.92 Å². The molecule has 0 spiro atoms. The molecule has 1 saturated heterocycles. The summed E-state index contributed by atoms with van der Waals surface area (Å²) in [6.45, 7) is 9.05. The third kappa shape index (κ3) is 24.6. The maximum absolute atomic E-state index is 11.2. The molecule has 1 heterocycles. The van der Waals surface area contributed by atoms with Crippen LogP contribution < -0.4 is 4.90 Å². The molecule has 0 radical (unpaired) electrons. The zero-order valence-corrected chi connectivity index (χ0v) is 17.5. The van der Waals surface area contributed by atoms with E-state index < -0.39 is 19.5 Å². The fourth-order valence-electron chi connectivity index (χ4n) is 3.13. The summed E-state index contributed by atoms with van der Waals surface area (Å²) < 4.78 is 59.6. The number of quaternary nitrogens is 1. The van der Waals surface area contributed by atoms with Crippen LogP contribution in [-0.2, 0) is 0 Å². The average Bonchev–Trinajstić information content (AvgIpc) is 2.38. The second-order valence-corrected chi connectivity index (χ2v) is 12.6. The van der Waals surface area contributed by atoms with Gasteiger partial charge in [0, 0.05) is 5.92 Å². The molecule has 0 saturated carbocycles. The van der Waals surface area contributed by atoms with Gasteiger partial charge in [-0.05, 0) is 25.7 Å². The minimum absolute atomic E-state index is 0.979. The van der Waals surface area contributed by atoms with Crippen molar-refractivity contribution in [2.45, 2.75) is 78.1 Å². The Morgan fingerprint density at radius 2 is 1.29 bits per heavy atom. The Labute approximate surface area is 145 Å². The summed E-state index contributed by atoms with van der Waals surface area (Å²) in [6.07, 6.45) is 14.6. The van der Waals surface area contributed by atoms with E-state index in [0.29, 0.717) is 0 Å². The summed E-state index contributed by atoms with van der Waals surface area (Å²) in [4.78, 5) is 1.88. The molecule has 1 rings (SSSR count). The second-order valence-electron chi connectivity index (χ2n) is 7.13. The molecular formula is C16H34F6NSb. The summed E-state index contributed by atoms with van der Waals surface area (Å²) in [5.41, 5.74) is 0. The quantitative estimate of drug-likeness (QED) is 0.252. The van der Waals surface area contributed by atoms with Crippen molar-refractivity contribution < 1.29 is 21.8 Å². The number of hydrogen-bond donors (Lipinski definition) is 1. The number of halogens is 6. The van der Waals surface area contributed by atoms with E-state index >= 15 is 0 Å². The third-order valence-electron chi connectivity index (χ3n) is 4.25. The monoisotopic (exact) mass is 475 g/mol. The van der Waals surface area contributed by atoms with Crippen molar-refractivity contribution in [3.8, 4) is 0 Å². The van der Waals surface area contributed by atoms with E-state index in [1.54, 1.807) is 0 Å². The summed E-state index contributed by atoms with van der Waals surface area (Å²) in [5, 5.41) is 0. The molecular weight excluding hydrogens is 442 g/mol. The average molecular weight is 476 g/mol. The molecule has 1 nitrogen and oxygen atoms in total. The molecule has 1 fully saturated rings. The van der Waals surface area contributed by atoms with Gasteiger partial charge < -0.3 is 4.90 Å². The van der Waals surface area contributed by atoms with Gasteiger partial charge in [0.15, 0.2) is 0 Å². The number of rotatable bonds is 9. The first-order valence-electron chi connectivity index (χ1n) is 9.18. The van der Waals surface area contributed by atoms with Gasteiger partial charge >= 0.3 is 36.4 Å². The van der Waals surface area contributed by atoms with Crippen LogP contribution >= 0.6 is 0 Å². The van der Waals surface area contributed by atoms with Crippen molar-refractivity contribution in [2.75, 3.05) is 19.6 Å². The van der Waals surface area contributed by atoms with Crippen LogP contribution in [0.25, 0.3) is 0 Å². The number of nitrogens with one attached hydrogen (secondary N) is 1. The first-order valence-corrected chi connectivity index (χ1v) is 15.0. The van der Waals surface area contributed by atoms with Gasteiger partial charge in [0.1, 0.15) is 0 Å². The summed E-state index contributed by atoms with van der Waals surface area (Å²) in [7, 11) is 0. The van der Waals surface area contributed by atoms with Crippen molar-refractivity contribution in [1.82, 2.24) is 0 Å². The molecule has 0 aromatic carbocycles. The van der Waals surface area contributed by atoms with Crippen LogP contribution in [-0.4, -0.2) is 39.1 Å². The Balaban J connectivity index is 0.000000640. The zero-order valence-electron chi connectivity index (χ0n) is 15.0.